The molecule has 0 spiro atoms. The molecular weight excluding hydrogens is 364 g/mol. The molecule has 0 atom stereocenters. The van der Waals surface area contributed by atoms with Gasteiger partial charge in [-0.05, 0) is 37.3 Å². The predicted octanol–water partition coefficient (Wildman–Crippen LogP) is 1.97. The number of aliphatic imine (C=N–C) groups is 1. The number of furan rings is 1. The van der Waals surface area contributed by atoms with Crippen LogP contribution in [0.2, 0.25) is 5.02 Å². The summed E-state index contributed by atoms with van der Waals surface area (Å²) in [7, 11) is -3.59. The quantitative estimate of drug-likeness (QED) is 0.367. The van der Waals surface area contributed by atoms with Gasteiger partial charge in [0.25, 0.3) is 0 Å². The van der Waals surface area contributed by atoms with Crippen molar-refractivity contribution in [1.29, 1.82) is 0 Å². The summed E-state index contributed by atoms with van der Waals surface area (Å²) in [5.74, 6) is 1.33. The molecule has 0 bridgehead atoms. The third kappa shape index (κ3) is 6.41. The molecule has 1 aromatic carbocycles. The Bertz CT molecular complexity index is 791. The zero-order valence-electron chi connectivity index (χ0n) is 13.8. The molecule has 7 nitrogen and oxygen atoms in total. The summed E-state index contributed by atoms with van der Waals surface area (Å²) >= 11 is 5.83. The standard InChI is InChI=1S/C16H21ClN4O3S/c1-2-18-16(20-12-14-6-4-10-24-14)19-8-9-21-25(22,23)15-7-3-5-13(17)11-15/h3-7,10-11,21H,2,8-9,12H2,1H3,(H2,18,19,20). The SMILES string of the molecule is CCNC(=NCc1ccco1)NCCNS(=O)(=O)c1cccc(Cl)c1. The van der Waals surface area contributed by atoms with E-state index >= 15 is 0 Å². The first-order valence-electron chi connectivity index (χ1n) is 7.81. The third-order valence-electron chi connectivity index (χ3n) is 3.13. The van der Waals surface area contributed by atoms with Crippen molar-refractivity contribution in [1.82, 2.24) is 15.4 Å². The summed E-state index contributed by atoms with van der Waals surface area (Å²) in [6, 6.07) is 9.77. The Labute approximate surface area is 152 Å². The van der Waals surface area contributed by atoms with Crippen molar-refractivity contribution < 1.29 is 12.8 Å². The van der Waals surface area contributed by atoms with Gasteiger partial charge in [-0.2, -0.15) is 0 Å². The molecule has 2 aromatic rings. The average molecular weight is 385 g/mol. The number of nitrogens with one attached hydrogen (secondary N) is 3. The van der Waals surface area contributed by atoms with Crippen LogP contribution in [-0.2, 0) is 16.6 Å². The molecule has 0 aliphatic rings. The Morgan fingerprint density at radius 2 is 2.04 bits per heavy atom. The molecule has 3 N–H and O–H groups in total. The van der Waals surface area contributed by atoms with Gasteiger partial charge < -0.3 is 15.1 Å². The number of benzene rings is 1. The second kappa shape index (κ2) is 9.45. The highest BCUT2D eigenvalue weighted by Gasteiger charge is 2.13. The Balaban J connectivity index is 1.84. The maximum Gasteiger partial charge on any atom is 0.240 e. The van der Waals surface area contributed by atoms with Gasteiger partial charge in [-0.15, -0.1) is 0 Å². The fourth-order valence-corrected chi connectivity index (χ4v) is 3.32. The van der Waals surface area contributed by atoms with Gasteiger partial charge in [-0.1, -0.05) is 17.7 Å². The minimum absolute atomic E-state index is 0.137. The number of hydrogen-bond acceptors (Lipinski definition) is 4. The number of hydrogen-bond donors (Lipinski definition) is 3. The van der Waals surface area contributed by atoms with Crippen LogP contribution in [0.15, 0.2) is 57.0 Å². The largest absolute Gasteiger partial charge is 0.467 e. The van der Waals surface area contributed by atoms with Crippen LogP contribution in [0.5, 0.6) is 0 Å². The van der Waals surface area contributed by atoms with Gasteiger partial charge in [0.1, 0.15) is 12.3 Å². The monoisotopic (exact) mass is 384 g/mol. The summed E-state index contributed by atoms with van der Waals surface area (Å²) in [5, 5.41) is 6.52. The molecule has 0 saturated heterocycles. The number of sulfonamides is 1. The molecule has 9 heteroatoms. The van der Waals surface area contributed by atoms with Crippen LogP contribution in [0.4, 0.5) is 0 Å². The number of rotatable bonds is 8. The molecule has 0 aliphatic heterocycles. The van der Waals surface area contributed by atoms with E-state index in [9.17, 15) is 8.42 Å². The lowest BCUT2D eigenvalue weighted by Crippen LogP contribution is -2.41. The topological polar surface area (TPSA) is 95.7 Å². The lowest BCUT2D eigenvalue weighted by Gasteiger charge is -2.12. The van der Waals surface area contributed by atoms with Crippen LogP contribution in [0.3, 0.4) is 0 Å². The Hall–Kier alpha value is -2.03. The van der Waals surface area contributed by atoms with Crippen molar-refractivity contribution in [3.05, 3.63) is 53.4 Å². The van der Waals surface area contributed by atoms with E-state index in [4.69, 9.17) is 16.0 Å². The first-order valence-corrected chi connectivity index (χ1v) is 9.67. The molecule has 0 fully saturated rings. The van der Waals surface area contributed by atoms with Crippen molar-refractivity contribution in [2.24, 2.45) is 4.99 Å². The smallest absolute Gasteiger partial charge is 0.240 e. The van der Waals surface area contributed by atoms with E-state index in [-0.39, 0.29) is 11.4 Å². The molecule has 0 saturated carbocycles. The highest BCUT2D eigenvalue weighted by Crippen LogP contribution is 2.14. The van der Waals surface area contributed by atoms with E-state index in [2.05, 4.69) is 20.3 Å². The van der Waals surface area contributed by atoms with E-state index in [0.717, 1.165) is 5.76 Å². The molecule has 0 aliphatic carbocycles. The van der Waals surface area contributed by atoms with Gasteiger partial charge in [0, 0.05) is 24.7 Å². The minimum atomic E-state index is -3.59. The van der Waals surface area contributed by atoms with Gasteiger partial charge in [0.15, 0.2) is 5.96 Å². The molecule has 136 valence electrons. The minimum Gasteiger partial charge on any atom is -0.467 e. The van der Waals surface area contributed by atoms with E-state index in [0.29, 0.717) is 30.6 Å². The third-order valence-corrected chi connectivity index (χ3v) is 4.83. The summed E-state index contributed by atoms with van der Waals surface area (Å²) in [4.78, 5) is 4.50. The maximum absolute atomic E-state index is 12.2. The van der Waals surface area contributed by atoms with Gasteiger partial charge in [-0.25, -0.2) is 18.1 Å². The Morgan fingerprint density at radius 1 is 1.20 bits per heavy atom. The molecule has 1 aromatic heterocycles. The van der Waals surface area contributed by atoms with Crippen LogP contribution >= 0.6 is 11.6 Å². The molecular formula is C16H21ClN4O3S. The van der Waals surface area contributed by atoms with Crippen LogP contribution in [0.25, 0.3) is 0 Å². The first kappa shape index (κ1) is 19.3. The van der Waals surface area contributed by atoms with Crippen LogP contribution in [-0.4, -0.2) is 34.0 Å². The molecule has 0 unspecified atom stereocenters. The fourth-order valence-electron chi connectivity index (χ4n) is 1.99. The first-order chi connectivity index (χ1) is 12.0. The zero-order valence-corrected chi connectivity index (χ0v) is 15.4. The lowest BCUT2D eigenvalue weighted by molar-refractivity contribution is 0.512. The fraction of sp³-hybridized carbons (Fsp3) is 0.312. The molecule has 1 heterocycles. The van der Waals surface area contributed by atoms with E-state index in [1.807, 2.05) is 13.0 Å². The maximum atomic E-state index is 12.2. The summed E-state index contributed by atoms with van der Waals surface area (Å²) in [6.45, 7) is 3.63. The number of guanidine groups is 1. The van der Waals surface area contributed by atoms with Crippen molar-refractivity contribution >= 4 is 27.6 Å². The molecule has 2 rings (SSSR count). The van der Waals surface area contributed by atoms with Crippen molar-refractivity contribution in [3.8, 4) is 0 Å². The number of halogens is 1. The second-order valence-electron chi connectivity index (χ2n) is 5.06. The van der Waals surface area contributed by atoms with Gasteiger partial charge >= 0.3 is 0 Å². The van der Waals surface area contributed by atoms with E-state index in [1.54, 1.807) is 24.5 Å². The second-order valence-corrected chi connectivity index (χ2v) is 7.26. The van der Waals surface area contributed by atoms with E-state index in [1.165, 1.54) is 12.1 Å². The molecule has 25 heavy (non-hydrogen) atoms. The van der Waals surface area contributed by atoms with Crippen molar-refractivity contribution in [2.45, 2.75) is 18.4 Å². The number of nitrogens with zero attached hydrogens (tertiary/aromatic N) is 1. The van der Waals surface area contributed by atoms with Crippen LogP contribution in [0, 0.1) is 0 Å². The summed E-state index contributed by atoms with van der Waals surface area (Å²) in [6.07, 6.45) is 1.59. The highest BCUT2D eigenvalue weighted by atomic mass is 35.5. The normalized spacial score (nSPS) is 12.2. The summed E-state index contributed by atoms with van der Waals surface area (Å²) < 4.78 is 32.1. The van der Waals surface area contributed by atoms with Gasteiger partial charge in [0.2, 0.25) is 10.0 Å². The Morgan fingerprint density at radius 3 is 2.72 bits per heavy atom. The van der Waals surface area contributed by atoms with Gasteiger partial charge in [0.05, 0.1) is 11.2 Å². The van der Waals surface area contributed by atoms with Gasteiger partial charge in [-0.3, -0.25) is 0 Å². The van der Waals surface area contributed by atoms with Crippen LogP contribution in [0.1, 0.15) is 12.7 Å². The molecule has 0 amide bonds. The predicted molar refractivity (Wildman–Crippen MR) is 98.2 cm³/mol. The summed E-state index contributed by atoms with van der Waals surface area (Å²) in [5.41, 5.74) is 0. The highest BCUT2D eigenvalue weighted by molar-refractivity contribution is 7.89. The Kier molecular flexibility index (Phi) is 7.30. The van der Waals surface area contributed by atoms with E-state index < -0.39 is 10.0 Å². The molecule has 0 radical (unpaired) electrons. The van der Waals surface area contributed by atoms with Crippen molar-refractivity contribution in [3.63, 3.8) is 0 Å². The van der Waals surface area contributed by atoms with Crippen molar-refractivity contribution in [2.75, 3.05) is 19.6 Å². The zero-order chi connectivity index (χ0) is 18.1. The van der Waals surface area contributed by atoms with Crippen LogP contribution < -0.4 is 15.4 Å². The average Bonchev–Trinajstić information content (AvgIpc) is 3.10. The lowest BCUT2D eigenvalue weighted by atomic mass is 10.4.